The lowest BCUT2D eigenvalue weighted by molar-refractivity contribution is -0.140. The van der Waals surface area contributed by atoms with Gasteiger partial charge in [0.25, 0.3) is 0 Å². The molecule has 0 bridgehead atoms. The smallest absolute Gasteiger partial charge is 0.334 e. The first-order chi connectivity index (χ1) is 17.7. The van der Waals surface area contributed by atoms with Crippen LogP contribution in [0, 0.1) is 6.92 Å². The molecule has 3 atom stereocenters. The second-order valence-electron chi connectivity index (χ2n) is 7.93. The zero-order chi connectivity index (χ0) is 29.0. The first-order valence-corrected chi connectivity index (χ1v) is 13.7. The van der Waals surface area contributed by atoms with Crippen molar-refractivity contribution in [3.8, 4) is 5.75 Å². The quantitative estimate of drug-likeness (QED) is 0.123. The number of rotatable bonds is 13. The van der Waals surface area contributed by atoms with Gasteiger partial charge in [-0.15, -0.1) is 0 Å². The summed E-state index contributed by atoms with van der Waals surface area (Å²) in [5.41, 5.74) is 0.708. The van der Waals surface area contributed by atoms with Crippen molar-refractivity contribution in [1.29, 1.82) is 0 Å². The molecule has 0 radical (unpaired) electrons. The molecule has 15 heteroatoms. The van der Waals surface area contributed by atoms with E-state index in [0.717, 1.165) is 6.92 Å². The Kier molecular flexibility index (Phi) is 13.9. The van der Waals surface area contributed by atoms with Crippen molar-refractivity contribution < 1.29 is 43.4 Å². The molecule has 12 nitrogen and oxygen atoms in total. The van der Waals surface area contributed by atoms with Crippen molar-refractivity contribution in [2.45, 2.75) is 45.8 Å². The van der Waals surface area contributed by atoms with Gasteiger partial charge in [0.05, 0.1) is 5.56 Å². The Balaban J connectivity index is 2.99. The predicted molar refractivity (Wildman–Crippen MR) is 145 cm³/mol. The number of hydrogen-bond donors (Lipinski definition) is 5. The summed E-state index contributed by atoms with van der Waals surface area (Å²) >= 11 is 5.31. The van der Waals surface area contributed by atoms with E-state index < -0.39 is 58.0 Å². The number of thiol groups is 1. The lowest BCUT2D eigenvalue weighted by Gasteiger charge is -2.18. The molecule has 208 valence electrons. The number of amides is 3. The molecule has 0 fully saturated rings. The maximum Gasteiger partial charge on any atom is 0.334 e. The average Bonchev–Trinajstić information content (AvgIpc) is 2.81. The Morgan fingerprint density at radius 1 is 0.868 bits per heavy atom. The number of nitrogens with one attached hydrogen (secondary N) is 3. The monoisotopic (exact) mass is 587 g/mol. The highest BCUT2D eigenvalue weighted by Gasteiger charge is 2.27. The van der Waals surface area contributed by atoms with Crippen molar-refractivity contribution in [1.82, 2.24) is 16.0 Å². The van der Waals surface area contributed by atoms with Gasteiger partial charge in [0.1, 0.15) is 23.9 Å². The Hall–Kier alpha value is -3.04. The third kappa shape index (κ3) is 11.6. The highest BCUT2D eigenvalue weighted by Crippen LogP contribution is 2.26. The van der Waals surface area contributed by atoms with E-state index in [2.05, 4.69) is 28.6 Å². The molecular formula is C23H29N3O9S3. The molecule has 0 heterocycles. The van der Waals surface area contributed by atoms with Crippen LogP contribution in [-0.4, -0.2) is 80.4 Å². The Labute approximate surface area is 233 Å². The number of carboxylic acid groups (broad SMARTS) is 1. The van der Waals surface area contributed by atoms with Crippen molar-refractivity contribution >= 4 is 76.0 Å². The molecule has 0 saturated heterocycles. The number of carbonyl (C=O) groups excluding carboxylic acids is 6. The summed E-state index contributed by atoms with van der Waals surface area (Å²) in [6.45, 7) is 5.27. The maximum atomic E-state index is 13.0. The van der Waals surface area contributed by atoms with E-state index in [-0.39, 0.29) is 28.6 Å². The molecule has 3 amide bonds. The molecule has 0 aliphatic carbocycles. The lowest BCUT2D eigenvalue weighted by atomic mass is 10.1. The number of aryl methyl sites for hydroxylation is 1. The predicted octanol–water partition coefficient (Wildman–Crippen LogP) is 0.562. The van der Waals surface area contributed by atoms with Crippen LogP contribution in [0.4, 0.5) is 0 Å². The number of aliphatic carboxylic acids is 1. The molecule has 4 N–H and O–H groups in total. The number of thioether (sulfide) groups is 2. The van der Waals surface area contributed by atoms with Crippen LogP contribution < -0.4 is 20.7 Å². The van der Waals surface area contributed by atoms with Crippen LogP contribution in [0.25, 0.3) is 0 Å². The van der Waals surface area contributed by atoms with Gasteiger partial charge in [-0.25, -0.2) is 9.59 Å². The van der Waals surface area contributed by atoms with Gasteiger partial charge in [0.15, 0.2) is 0 Å². The molecule has 1 aromatic carbocycles. The number of carboxylic acids is 1. The van der Waals surface area contributed by atoms with E-state index >= 15 is 0 Å². The third-order valence-electron chi connectivity index (χ3n) is 4.52. The van der Waals surface area contributed by atoms with Crippen molar-refractivity contribution in [2.24, 2.45) is 0 Å². The number of esters is 1. The number of hydrogen-bond acceptors (Lipinski definition) is 11. The van der Waals surface area contributed by atoms with Crippen LogP contribution in [0.15, 0.2) is 18.2 Å². The molecule has 1 aromatic rings. The zero-order valence-electron chi connectivity index (χ0n) is 21.1. The van der Waals surface area contributed by atoms with Crippen LogP contribution in [0.3, 0.4) is 0 Å². The number of ether oxygens (including phenoxy) is 1. The third-order valence-corrected chi connectivity index (χ3v) is 6.94. The summed E-state index contributed by atoms with van der Waals surface area (Å²) in [7, 11) is 0. The van der Waals surface area contributed by atoms with Gasteiger partial charge in [-0.05, 0) is 24.6 Å². The molecule has 38 heavy (non-hydrogen) atoms. The van der Waals surface area contributed by atoms with Gasteiger partial charge in [-0.2, -0.15) is 12.6 Å². The topological polar surface area (TPSA) is 185 Å². The fourth-order valence-corrected chi connectivity index (χ4v) is 4.95. The summed E-state index contributed by atoms with van der Waals surface area (Å²) in [5.74, 6) is -4.33. The van der Waals surface area contributed by atoms with Crippen LogP contribution >= 0.6 is 36.2 Å². The zero-order valence-corrected chi connectivity index (χ0v) is 23.6. The minimum Gasteiger partial charge on any atom is -0.480 e. The SMILES string of the molecule is CC(=O)NC(CSC(=O)C(CSC(=O)c1ccc(C)cc1OC(=O)C(CS)NC(C)=O)NC(C)=O)C(=O)O. The molecule has 0 saturated carbocycles. The summed E-state index contributed by atoms with van der Waals surface area (Å²) in [5, 5.41) is 15.1. The molecule has 0 spiro atoms. The summed E-state index contributed by atoms with van der Waals surface area (Å²) in [6, 6.07) is 1.01. The Morgan fingerprint density at radius 2 is 1.39 bits per heavy atom. The number of benzene rings is 1. The average molecular weight is 588 g/mol. The van der Waals surface area contributed by atoms with Crippen LogP contribution in [0.2, 0.25) is 0 Å². The van der Waals surface area contributed by atoms with Crippen molar-refractivity contribution in [3.05, 3.63) is 29.3 Å². The van der Waals surface area contributed by atoms with Gasteiger partial charge >= 0.3 is 11.9 Å². The molecule has 0 aliphatic rings. The van der Waals surface area contributed by atoms with Gasteiger partial charge < -0.3 is 25.8 Å². The normalized spacial score (nSPS) is 12.9. The number of carbonyl (C=O) groups is 7. The minimum absolute atomic E-state index is 0.0213. The highest BCUT2D eigenvalue weighted by atomic mass is 32.2. The highest BCUT2D eigenvalue weighted by molar-refractivity contribution is 8.15. The van der Waals surface area contributed by atoms with Gasteiger partial charge in [-0.3, -0.25) is 24.0 Å². The van der Waals surface area contributed by atoms with Crippen molar-refractivity contribution in [2.75, 3.05) is 17.3 Å². The second kappa shape index (κ2) is 16.0. The minimum atomic E-state index is -1.33. The van der Waals surface area contributed by atoms with Gasteiger partial charge in [0.2, 0.25) is 28.0 Å². The van der Waals surface area contributed by atoms with E-state index in [1.54, 1.807) is 13.0 Å². The Bertz CT molecular complexity index is 1100. The molecule has 0 aromatic heterocycles. The summed E-state index contributed by atoms with van der Waals surface area (Å²) in [6.07, 6.45) is 0. The van der Waals surface area contributed by atoms with E-state index in [1.807, 2.05) is 0 Å². The molecular weight excluding hydrogens is 558 g/mol. The molecule has 1 rings (SSSR count). The first-order valence-electron chi connectivity index (χ1n) is 11.1. The van der Waals surface area contributed by atoms with E-state index in [9.17, 15) is 38.7 Å². The van der Waals surface area contributed by atoms with E-state index in [0.29, 0.717) is 29.1 Å². The fourth-order valence-electron chi connectivity index (χ4n) is 2.82. The Morgan fingerprint density at radius 3 is 1.92 bits per heavy atom. The summed E-state index contributed by atoms with van der Waals surface area (Å²) < 4.78 is 5.37. The van der Waals surface area contributed by atoms with Crippen LogP contribution in [-0.2, 0) is 28.8 Å². The van der Waals surface area contributed by atoms with Crippen molar-refractivity contribution in [3.63, 3.8) is 0 Å². The second-order valence-corrected chi connectivity index (χ2v) is 10.3. The van der Waals surface area contributed by atoms with E-state index in [1.165, 1.54) is 26.0 Å². The maximum absolute atomic E-state index is 13.0. The van der Waals surface area contributed by atoms with Gasteiger partial charge in [0, 0.05) is 38.0 Å². The standard InChI is InChI=1S/C23H29N3O9S3/c1-11-5-6-15(19(7-11)35-21(32)16(8-36)24-12(2)27)22(33)37-10-18(26-14(4)29)23(34)38-9-17(20(30)31)25-13(3)28/h5-7,16-18,36H,8-10H2,1-4H3,(H,24,27)(H,25,28)(H,26,29)(H,30,31). The van der Waals surface area contributed by atoms with Crippen LogP contribution in [0.5, 0.6) is 5.75 Å². The van der Waals surface area contributed by atoms with Crippen LogP contribution in [0.1, 0.15) is 36.7 Å². The summed E-state index contributed by atoms with van der Waals surface area (Å²) in [4.78, 5) is 83.7. The molecule has 0 aliphatic heterocycles. The van der Waals surface area contributed by atoms with E-state index in [4.69, 9.17) is 4.74 Å². The first kappa shape index (κ1) is 33.0. The largest absolute Gasteiger partial charge is 0.480 e. The van der Waals surface area contributed by atoms with Gasteiger partial charge in [-0.1, -0.05) is 29.6 Å². The molecule has 3 unspecified atom stereocenters. The fraction of sp³-hybridized carbons (Fsp3) is 0.435. The lowest BCUT2D eigenvalue weighted by Crippen LogP contribution is -2.44.